The average molecular weight is 354 g/mol. The summed E-state index contributed by atoms with van der Waals surface area (Å²) in [6, 6.07) is 7.88. The van der Waals surface area contributed by atoms with Gasteiger partial charge in [0.2, 0.25) is 5.91 Å². The number of nitrogens with zero attached hydrogens (tertiary/aromatic N) is 3. The van der Waals surface area contributed by atoms with E-state index in [4.69, 9.17) is 4.74 Å². The van der Waals surface area contributed by atoms with Gasteiger partial charge in [0, 0.05) is 18.3 Å². The molecular weight excluding hydrogens is 328 g/mol. The molecule has 1 atom stereocenters. The minimum absolute atomic E-state index is 0.0236. The van der Waals surface area contributed by atoms with Crippen molar-refractivity contribution in [1.29, 1.82) is 0 Å². The predicted molar refractivity (Wildman–Crippen MR) is 99.9 cm³/mol. The molecule has 6 heteroatoms. The van der Waals surface area contributed by atoms with E-state index in [0.717, 1.165) is 41.4 Å². The van der Waals surface area contributed by atoms with Crippen LogP contribution in [0, 0.1) is 6.92 Å². The summed E-state index contributed by atoms with van der Waals surface area (Å²) < 4.78 is 5.21. The van der Waals surface area contributed by atoms with E-state index < -0.39 is 0 Å². The Morgan fingerprint density at radius 1 is 1.42 bits per heavy atom. The van der Waals surface area contributed by atoms with Gasteiger partial charge in [-0.05, 0) is 51.1 Å². The van der Waals surface area contributed by atoms with Crippen LogP contribution in [-0.2, 0) is 17.8 Å². The number of methoxy groups -OCH3 is 1. The van der Waals surface area contributed by atoms with Crippen molar-refractivity contribution in [2.45, 2.75) is 38.8 Å². The number of rotatable bonds is 6. The second-order valence-corrected chi connectivity index (χ2v) is 6.77. The van der Waals surface area contributed by atoms with Gasteiger partial charge in [0.15, 0.2) is 0 Å². The molecule has 1 aliphatic rings. The van der Waals surface area contributed by atoms with Crippen molar-refractivity contribution in [1.82, 2.24) is 20.2 Å². The third-order valence-corrected chi connectivity index (χ3v) is 4.83. The summed E-state index contributed by atoms with van der Waals surface area (Å²) in [7, 11) is 3.75. The van der Waals surface area contributed by atoms with E-state index in [9.17, 15) is 4.79 Å². The number of aryl methyl sites for hydroxylation is 1. The molecule has 3 rings (SSSR count). The first-order chi connectivity index (χ1) is 12.6. The Labute approximate surface area is 154 Å². The summed E-state index contributed by atoms with van der Waals surface area (Å²) in [6.07, 6.45) is 4.43. The van der Waals surface area contributed by atoms with Gasteiger partial charge >= 0.3 is 0 Å². The van der Waals surface area contributed by atoms with Crippen LogP contribution in [0.25, 0.3) is 0 Å². The van der Waals surface area contributed by atoms with Crippen LogP contribution in [0.2, 0.25) is 0 Å². The molecule has 1 amide bonds. The van der Waals surface area contributed by atoms with Gasteiger partial charge in [0.05, 0.1) is 25.3 Å². The standard InChI is InChI=1S/C20H26N4O2/c1-14-21-12-16(20(23-14)18-8-5-9-24(18)2)13-22-19(25)11-15-6-4-7-17(10-15)26-3/h4,6-7,10,12,18H,5,8-9,11,13H2,1-3H3,(H,22,25)/t18-/m0/s1. The number of hydrogen-bond donors (Lipinski definition) is 1. The molecule has 1 aromatic heterocycles. The maximum Gasteiger partial charge on any atom is 0.224 e. The van der Waals surface area contributed by atoms with Crippen LogP contribution in [0.3, 0.4) is 0 Å². The van der Waals surface area contributed by atoms with Gasteiger partial charge in [0.1, 0.15) is 11.6 Å². The minimum Gasteiger partial charge on any atom is -0.497 e. The summed E-state index contributed by atoms with van der Waals surface area (Å²) in [5, 5.41) is 3.00. The summed E-state index contributed by atoms with van der Waals surface area (Å²) in [5.74, 6) is 1.50. The maximum absolute atomic E-state index is 12.3. The molecule has 1 fully saturated rings. The van der Waals surface area contributed by atoms with E-state index in [0.29, 0.717) is 19.0 Å². The van der Waals surface area contributed by atoms with Gasteiger partial charge in [-0.3, -0.25) is 9.69 Å². The molecule has 0 unspecified atom stereocenters. The molecule has 1 saturated heterocycles. The molecule has 0 saturated carbocycles. The highest BCUT2D eigenvalue weighted by Crippen LogP contribution is 2.31. The largest absolute Gasteiger partial charge is 0.497 e. The molecule has 6 nitrogen and oxygen atoms in total. The molecule has 2 heterocycles. The van der Waals surface area contributed by atoms with E-state index in [2.05, 4.69) is 27.2 Å². The Kier molecular flexibility index (Phi) is 5.83. The number of carbonyl (C=O) groups excluding carboxylic acids is 1. The number of aromatic nitrogens is 2. The Morgan fingerprint density at radius 2 is 2.27 bits per heavy atom. The quantitative estimate of drug-likeness (QED) is 0.863. The van der Waals surface area contributed by atoms with Crippen molar-refractivity contribution in [3.63, 3.8) is 0 Å². The van der Waals surface area contributed by atoms with Crippen LogP contribution in [0.15, 0.2) is 30.5 Å². The SMILES string of the molecule is COc1cccc(CC(=O)NCc2cnc(C)nc2[C@@H]2CCCN2C)c1. The summed E-state index contributed by atoms with van der Waals surface area (Å²) >= 11 is 0. The number of benzene rings is 1. The Balaban J connectivity index is 1.66. The smallest absolute Gasteiger partial charge is 0.224 e. The van der Waals surface area contributed by atoms with Crippen LogP contribution < -0.4 is 10.1 Å². The fourth-order valence-electron chi connectivity index (χ4n) is 3.42. The fraction of sp³-hybridized carbons (Fsp3) is 0.450. The number of likely N-dealkylation sites (tertiary alicyclic amines) is 1. The lowest BCUT2D eigenvalue weighted by Gasteiger charge is -2.21. The Bertz CT molecular complexity index is 778. The number of amides is 1. The molecule has 0 bridgehead atoms. The number of nitrogens with one attached hydrogen (secondary N) is 1. The molecule has 26 heavy (non-hydrogen) atoms. The molecule has 138 valence electrons. The molecule has 1 aromatic carbocycles. The predicted octanol–water partition coefficient (Wildman–Crippen LogP) is 2.42. The first-order valence-electron chi connectivity index (χ1n) is 8.99. The van der Waals surface area contributed by atoms with Crippen molar-refractivity contribution >= 4 is 5.91 Å². The van der Waals surface area contributed by atoms with Crippen LogP contribution >= 0.6 is 0 Å². The third kappa shape index (κ3) is 4.38. The van der Waals surface area contributed by atoms with E-state index in [1.165, 1.54) is 6.42 Å². The highest BCUT2D eigenvalue weighted by molar-refractivity contribution is 5.78. The fourth-order valence-corrected chi connectivity index (χ4v) is 3.42. The molecule has 1 N–H and O–H groups in total. The molecule has 2 aromatic rings. The zero-order chi connectivity index (χ0) is 18.5. The van der Waals surface area contributed by atoms with Gasteiger partial charge in [0.25, 0.3) is 0 Å². The summed E-state index contributed by atoms with van der Waals surface area (Å²) in [6.45, 7) is 3.43. The van der Waals surface area contributed by atoms with E-state index >= 15 is 0 Å². The lowest BCUT2D eigenvalue weighted by atomic mass is 10.1. The van der Waals surface area contributed by atoms with Crippen molar-refractivity contribution in [3.8, 4) is 5.75 Å². The Hall–Kier alpha value is -2.47. The van der Waals surface area contributed by atoms with E-state index in [1.807, 2.05) is 37.4 Å². The molecule has 0 radical (unpaired) electrons. The highest BCUT2D eigenvalue weighted by atomic mass is 16.5. The number of carbonyl (C=O) groups is 1. The van der Waals surface area contributed by atoms with Crippen molar-refractivity contribution in [2.24, 2.45) is 0 Å². The van der Waals surface area contributed by atoms with Crippen LogP contribution in [-0.4, -0.2) is 41.5 Å². The van der Waals surface area contributed by atoms with Gasteiger partial charge in [-0.15, -0.1) is 0 Å². The number of ether oxygens (including phenoxy) is 1. The highest BCUT2D eigenvalue weighted by Gasteiger charge is 2.26. The van der Waals surface area contributed by atoms with Crippen molar-refractivity contribution in [2.75, 3.05) is 20.7 Å². The lowest BCUT2D eigenvalue weighted by molar-refractivity contribution is -0.120. The molecule has 0 aliphatic carbocycles. The second-order valence-electron chi connectivity index (χ2n) is 6.77. The van der Waals surface area contributed by atoms with Crippen LogP contribution in [0.4, 0.5) is 0 Å². The van der Waals surface area contributed by atoms with Crippen molar-refractivity contribution in [3.05, 3.63) is 53.1 Å². The zero-order valence-electron chi connectivity index (χ0n) is 15.7. The lowest BCUT2D eigenvalue weighted by Crippen LogP contribution is -2.27. The maximum atomic E-state index is 12.3. The Morgan fingerprint density at radius 3 is 3.00 bits per heavy atom. The van der Waals surface area contributed by atoms with Gasteiger partial charge in [-0.25, -0.2) is 9.97 Å². The molecule has 0 spiro atoms. The summed E-state index contributed by atoms with van der Waals surface area (Å²) in [5.41, 5.74) is 2.96. The monoisotopic (exact) mass is 354 g/mol. The average Bonchev–Trinajstić information content (AvgIpc) is 3.06. The number of hydrogen-bond acceptors (Lipinski definition) is 5. The van der Waals surface area contributed by atoms with Crippen LogP contribution in [0.5, 0.6) is 5.75 Å². The van der Waals surface area contributed by atoms with E-state index in [-0.39, 0.29) is 5.91 Å². The van der Waals surface area contributed by atoms with Gasteiger partial charge in [-0.2, -0.15) is 0 Å². The molecular formula is C20H26N4O2. The third-order valence-electron chi connectivity index (χ3n) is 4.83. The second kappa shape index (κ2) is 8.27. The zero-order valence-corrected chi connectivity index (χ0v) is 15.7. The topological polar surface area (TPSA) is 67.3 Å². The van der Waals surface area contributed by atoms with Gasteiger partial charge < -0.3 is 10.1 Å². The first kappa shape index (κ1) is 18.3. The van der Waals surface area contributed by atoms with Crippen LogP contribution in [0.1, 0.15) is 41.5 Å². The van der Waals surface area contributed by atoms with Gasteiger partial charge in [-0.1, -0.05) is 12.1 Å². The summed E-state index contributed by atoms with van der Waals surface area (Å²) in [4.78, 5) is 23.7. The minimum atomic E-state index is -0.0236. The normalized spacial score (nSPS) is 17.3. The van der Waals surface area contributed by atoms with E-state index in [1.54, 1.807) is 7.11 Å². The molecule has 1 aliphatic heterocycles. The van der Waals surface area contributed by atoms with Crippen molar-refractivity contribution < 1.29 is 9.53 Å². The first-order valence-corrected chi connectivity index (χ1v) is 8.99.